The lowest BCUT2D eigenvalue weighted by molar-refractivity contribution is 0.0880. The number of nitrogens with two attached hydrogens (primary N) is 1. The normalized spacial score (nSPS) is 15.3. The third kappa shape index (κ3) is 1.59. The zero-order valence-corrected chi connectivity index (χ0v) is 11.5. The Morgan fingerprint density at radius 3 is 2.73 bits per heavy atom. The number of nitrogens with zero attached hydrogens (tertiary/aromatic N) is 1. The molecule has 3 heterocycles. The Bertz CT molecular complexity index is 914. The molecule has 22 heavy (non-hydrogen) atoms. The van der Waals surface area contributed by atoms with Gasteiger partial charge in [0.1, 0.15) is 5.82 Å². The topological polar surface area (TPSA) is 106 Å². The summed E-state index contributed by atoms with van der Waals surface area (Å²) >= 11 is 0. The molecule has 7 nitrogen and oxygen atoms in total. The van der Waals surface area contributed by atoms with E-state index in [1.54, 1.807) is 6.07 Å². The Kier molecular flexibility index (Phi) is 2.41. The third-order valence-electron chi connectivity index (χ3n) is 4.01. The van der Waals surface area contributed by atoms with Gasteiger partial charge in [0.25, 0.3) is 17.4 Å². The van der Waals surface area contributed by atoms with Crippen LogP contribution in [0.15, 0.2) is 29.1 Å². The molecular formula is C15H12N4O3. The predicted octanol–water partition coefficient (Wildman–Crippen LogP) is 0.271. The number of nitrogens with one attached hydrogen (secondary N) is 2. The number of aromatic nitrogens is 1. The summed E-state index contributed by atoms with van der Waals surface area (Å²) in [6.07, 6.45) is 0.863. The summed E-state index contributed by atoms with van der Waals surface area (Å²) < 4.78 is 1.26. The zero-order chi connectivity index (χ0) is 15.4. The Morgan fingerprint density at radius 2 is 1.91 bits per heavy atom. The van der Waals surface area contributed by atoms with Crippen LogP contribution in [0.25, 0.3) is 5.69 Å². The average Bonchev–Trinajstić information content (AvgIpc) is 3.03. The number of carbonyl (C=O) groups excluding carboxylic acids is 2. The van der Waals surface area contributed by atoms with Crippen molar-refractivity contribution in [1.29, 1.82) is 0 Å². The molecule has 0 spiro atoms. The molecule has 7 heteroatoms. The highest BCUT2D eigenvalue weighted by Gasteiger charge is 2.31. The lowest BCUT2D eigenvalue weighted by Crippen LogP contribution is -2.24. The maximum atomic E-state index is 12.3. The Morgan fingerprint density at radius 1 is 1.09 bits per heavy atom. The first kappa shape index (κ1) is 12.6. The second-order valence-corrected chi connectivity index (χ2v) is 5.29. The quantitative estimate of drug-likeness (QED) is 0.655. The van der Waals surface area contributed by atoms with E-state index >= 15 is 0 Å². The van der Waals surface area contributed by atoms with Gasteiger partial charge in [-0.15, -0.1) is 0 Å². The largest absolute Gasteiger partial charge is 0.384 e. The first-order valence-corrected chi connectivity index (χ1v) is 6.84. The van der Waals surface area contributed by atoms with Crippen molar-refractivity contribution in [2.45, 2.75) is 6.42 Å². The lowest BCUT2D eigenvalue weighted by Gasteiger charge is -2.13. The molecule has 0 fully saturated rings. The summed E-state index contributed by atoms with van der Waals surface area (Å²) in [6, 6.07) is 6.66. The van der Waals surface area contributed by atoms with E-state index in [0.29, 0.717) is 5.69 Å². The van der Waals surface area contributed by atoms with Crippen LogP contribution in [-0.4, -0.2) is 22.9 Å². The second-order valence-electron chi connectivity index (χ2n) is 5.29. The summed E-state index contributed by atoms with van der Waals surface area (Å²) in [5, 5.41) is 5.39. The molecule has 0 aliphatic carbocycles. The standard InChI is InChI=1S/C15H12N4O3/c16-13-12-9(14(21)18-15(12)22)6-11(20)19(13)8-1-2-10-7(5-8)3-4-17-10/h1-2,5-6,17H,3-4,16H2,(H,18,21,22). The number of amides is 2. The van der Waals surface area contributed by atoms with Gasteiger partial charge >= 0.3 is 0 Å². The van der Waals surface area contributed by atoms with Gasteiger partial charge in [-0.1, -0.05) is 0 Å². The molecular weight excluding hydrogens is 284 g/mol. The maximum Gasteiger partial charge on any atom is 0.262 e. The van der Waals surface area contributed by atoms with Crippen LogP contribution in [0.1, 0.15) is 26.3 Å². The molecule has 2 aliphatic rings. The minimum absolute atomic E-state index is 0.0169. The minimum Gasteiger partial charge on any atom is -0.384 e. The van der Waals surface area contributed by atoms with E-state index < -0.39 is 17.4 Å². The summed E-state index contributed by atoms with van der Waals surface area (Å²) in [5.41, 5.74) is 8.36. The van der Waals surface area contributed by atoms with Gasteiger partial charge in [-0.2, -0.15) is 0 Å². The van der Waals surface area contributed by atoms with Gasteiger partial charge in [-0.05, 0) is 30.2 Å². The highest BCUT2D eigenvalue weighted by molar-refractivity contribution is 6.23. The molecule has 0 saturated carbocycles. The van der Waals surface area contributed by atoms with E-state index in [4.69, 9.17) is 5.73 Å². The summed E-state index contributed by atoms with van der Waals surface area (Å²) in [7, 11) is 0. The van der Waals surface area contributed by atoms with E-state index in [1.807, 2.05) is 12.1 Å². The molecule has 0 unspecified atom stereocenters. The predicted molar refractivity (Wildman–Crippen MR) is 80.4 cm³/mol. The van der Waals surface area contributed by atoms with Crippen LogP contribution in [-0.2, 0) is 6.42 Å². The summed E-state index contributed by atoms with van der Waals surface area (Å²) in [5.74, 6) is -1.18. The van der Waals surface area contributed by atoms with Gasteiger partial charge in [0.2, 0.25) is 0 Å². The highest BCUT2D eigenvalue weighted by Crippen LogP contribution is 2.27. The van der Waals surface area contributed by atoms with Crippen molar-refractivity contribution in [3.05, 3.63) is 51.3 Å². The van der Waals surface area contributed by atoms with Crippen molar-refractivity contribution in [2.24, 2.45) is 0 Å². The number of imide groups is 1. The molecule has 0 bridgehead atoms. The van der Waals surface area contributed by atoms with Crippen molar-refractivity contribution in [3.8, 4) is 5.69 Å². The molecule has 0 radical (unpaired) electrons. The molecule has 4 N–H and O–H groups in total. The number of benzene rings is 1. The number of carbonyl (C=O) groups is 2. The van der Waals surface area contributed by atoms with Gasteiger partial charge in [0.15, 0.2) is 0 Å². The van der Waals surface area contributed by atoms with Crippen LogP contribution in [0.3, 0.4) is 0 Å². The van der Waals surface area contributed by atoms with E-state index in [2.05, 4.69) is 10.6 Å². The first-order chi connectivity index (χ1) is 10.6. The van der Waals surface area contributed by atoms with Crippen LogP contribution in [0.2, 0.25) is 0 Å². The van der Waals surface area contributed by atoms with Gasteiger partial charge < -0.3 is 11.1 Å². The fraction of sp³-hybridized carbons (Fsp3) is 0.133. The van der Waals surface area contributed by atoms with Gasteiger partial charge in [-0.25, -0.2) is 0 Å². The molecule has 1 aromatic heterocycles. The van der Waals surface area contributed by atoms with Gasteiger partial charge in [-0.3, -0.25) is 24.3 Å². The second kappa shape index (κ2) is 4.20. The molecule has 0 saturated heterocycles. The van der Waals surface area contributed by atoms with Crippen LogP contribution in [0, 0.1) is 0 Å². The van der Waals surface area contributed by atoms with Crippen molar-refractivity contribution in [2.75, 3.05) is 17.6 Å². The van der Waals surface area contributed by atoms with Crippen LogP contribution < -0.4 is 21.9 Å². The van der Waals surface area contributed by atoms with Crippen molar-refractivity contribution in [1.82, 2.24) is 9.88 Å². The molecule has 0 atom stereocenters. The smallest absolute Gasteiger partial charge is 0.262 e. The third-order valence-corrected chi connectivity index (χ3v) is 4.01. The number of hydrogen-bond acceptors (Lipinski definition) is 5. The average molecular weight is 296 g/mol. The summed E-state index contributed by atoms with van der Waals surface area (Å²) in [4.78, 5) is 35.8. The van der Waals surface area contributed by atoms with Gasteiger partial charge in [0.05, 0.1) is 16.8 Å². The molecule has 2 amide bonds. The van der Waals surface area contributed by atoms with Gasteiger partial charge in [0, 0.05) is 18.3 Å². The number of hydrogen-bond donors (Lipinski definition) is 3. The van der Waals surface area contributed by atoms with Crippen LogP contribution in [0.4, 0.5) is 11.5 Å². The molecule has 4 rings (SSSR count). The number of anilines is 2. The monoisotopic (exact) mass is 296 g/mol. The Balaban J connectivity index is 1.97. The number of fused-ring (bicyclic) bond motifs is 2. The van der Waals surface area contributed by atoms with Crippen LogP contribution >= 0.6 is 0 Å². The first-order valence-electron chi connectivity index (χ1n) is 6.84. The summed E-state index contributed by atoms with van der Waals surface area (Å²) in [6.45, 7) is 0.851. The molecule has 2 aromatic rings. The van der Waals surface area contributed by atoms with E-state index in [-0.39, 0.29) is 16.9 Å². The van der Waals surface area contributed by atoms with Crippen molar-refractivity contribution >= 4 is 23.3 Å². The molecule has 2 aliphatic heterocycles. The van der Waals surface area contributed by atoms with E-state index in [9.17, 15) is 14.4 Å². The van der Waals surface area contributed by atoms with Crippen molar-refractivity contribution < 1.29 is 9.59 Å². The molecule has 1 aromatic carbocycles. The number of pyridine rings is 1. The fourth-order valence-electron chi connectivity index (χ4n) is 2.98. The fourth-order valence-corrected chi connectivity index (χ4v) is 2.98. The minimum atomic E-state index is -0.589. The van der Waals surface area contributed by atoms with E-state index in [1.165, 1.54) is 4.57 Å². The Labute approximate surface area is 124 Å². The number of rotatable bonds is 1. The van der Waals surface area contributed by atoms with Crippen molar-refractivity contribution in [3.63, 3.8) is 0 Å². The maximum absolute atomic E-state index is 12.3. The highest BCUT2D eigenvalue weighted by atomic mass is 16.2. The lowest BCUT2D eigenvalue weighted by atomic mass is 10.1. The molecule has 110 valence electrons. The van der Waals surface area contributed by atoms with E-state index in [0.717, 1.165) is 30.3 Å². The number of nitrogen functional groups attached to an aromatic ring is 1. The zero-order valence-electron chi connectivity index (χ0n) is 11.5. The van der Waals surface area contributed by atoms with Crippen LogP contribution in [0.5, 0.6) is 0 Å². The SMILES string of the molecule is Nc1c2c(cc(=O)n1-c1ccc3c(c1)CCN3)C(=O)NC2=O. The Hall–Kier alpha value is -3.09.